The standard InChI is InChI=1S/C10H18BrNO4/c1-14-9(13)8(11)5-12-6-10(15-2)3-4-16-7-10/h8,12H,3-7H2,1-2H3. The summed E-state index contributed by atoms with van der Waals surface area (Å²) in [5.74, 6) is -0.276. The molecule has 1 heterocycles. The lowest BCUT2D eigenvalue weighted by Crippen LogP contribution is -2.45. The average Bonchev–Trinajstić information content (AvgIpc) is 2.77. The molecule has 2 atom stereocenters. The summed E-state index contributed by atoms with van der Waals surface area (Å²) >= 11 is 3.24. The predicted molar refractivity (Wildman–Crippen MR) is 62.8 cm³/mol. The number of halogens is 1. The molecule has 0 radical (unpaired) electrons. The number of alkyl halides is 1. The zero-order valence-electron chi connectivity index (χ0n) is 9.62. The molecule has 1 fully saturated rings. The van der Waals surface area contributed by atoms with E-state index in [-0.39, 0.29) is 16.4 Å². The molecule has 0 spiro atoms. The monoisotopic (exact) mass is 295 g/mol. The smallest absolute Gasteiger partial charge is 0.320 e. The van der Waals surface area contributed by atoms with Crippen LogP contribution in [0.1, 0.15) is 6.42 Å². The fourth-order valence-electron chi connectivity index (χ4n) is 1.60. The number of nitrogens with one attached hydrogen (secondary N) is 1. The Morgan fingerprint density at radius 2 is 2.38 bits per heavy atom. The number of esters is 1. The van der Waals surface area contributed by atoms with E-state index in [2.05, 4.69) is 26.0 Å². The van der Waals surface area contributed by atoms with Gasteiger partial charge in [-0.2, -0.15) is 0 Å². The van der Waals surface area contributed by atoms with Gasteiger partial charge in [-0.15, -0.1) is 0 Å². The maximum Gasteiger partial charge on any atom is 0.320 e. The molecule has 1 aliphatic heterocycles. The van der Waals surface area contributed by atoms with Crippen LogP contribution in [0.4, 0.5) is 0 Å². The van der Waals surface area contributed by atoms with E-state index < -0.39 is 0 Å². The summed E-state index contributed by atoms with van der Waals surface area (Å²) in [5, 5.41) is 3.18. The molecule has 0 amide bonds. The third kappa shape index (κ3) is 3.69. The topological polar surface area (TPSA) is 56.8 Å². The molecule has 16 heavy (non-hydrogen) atoms. The molecule has 94 valence electrons. The lowest BCUT2D eigenvalue weighted by Gasteiger charge is -2.26. The van der Waals surface area contributed by atoms with Gasteiger partial charge in [0.15, 0.2) is 0 Å². The van der Waals surface area contributed by atoms with Gasteiger partial charge in [-0.25, -0.2) is 0 Å². The van der Waals surface area contributed by atoms with E-state index in [9.17, 15) is 4.79 Å². The normalized spacial score (nSPS) is 26.7. The molecule has 1 N–H and O–H groups in total. The van der Waals surface area contributed by atoms with E-state index in [1.54, 1.807) is 7.11 Å². The van der Waals surface area contributed by atoms with Gasteiger partial charge in [-0.3, -0.25) is 4.79 Å². The van der Waals surface area contributed by atoms with Crippen molar-refractivity contribution >= 4 is 21.9 Å². The van der Waals surface area contributed by atoms with Crippen LogP contribution in [0.15, 0.2) is 0 Å². The van der Waals surface area contributed by atoms with Crippen molar-refractivity contribution in [2.45, 2.75) is 16.8 Å². The summed E-state index contributed by atoms with van der Waals surface area (Å²) in [4.78, 5) is 10.8. The van der Waals surface area contributed by atoms with Crippen LogP contribution in [0, 0.1) is 0 Å². The quantitative estimate of drug-likeness (QED) is 0.565. The molecule has 0 aromatic carbocycles. The van der Waals surface area contributed by atoms with E-state index >= 15 is 0 Å². The average molecular weight is 296 g/mol. The molecule has 6 heteroatoms. The second-order valence-corrected chi connectivity index (χ2v) is 4.92. The van der Waals surface area contributed by atoms with Crippen molar-refractivity contribution in [1.29, 1.82) is 0 Å². The molecule has 0 saturated carbocycles. The largest absolute Gasteiger partial charge is 0.468 e. The summed E-state index contributed by atoms with van der Waals surface area (Å²) in [6, 6.07) is 0. The molecular formula is C10H18BrNO4. The maximum absolute atomic E-state index is 11.1. The zero-order chi connectivity index (χ0) is 12.0. The molecule has 0 aliphatic carbocycles. The van der Waals surface area contributed by atoms with Crippen LogP contribution in [-0.2, 0) is 19.0 Å². The Morgan fingerprint density at radius 1 is 1.62 bits per heavy atom. The first-order chi connectivity index (χ1) is 7.63. The third-order valence-corrected chi connectivity index (χ3v) is 3.43. The van der Waals surface area contributed by atoms with Crippen LogP contribution in [-0.4, -0.2) is 56.9 Å². The van der Waals surface area contributed by atoms with Gasteiger partial charge in [0, 0.05) is 33.2 Å². The van der Waals surface area contributed by atoms with Gasteiger partial charge in [0.25, 0.3) is 0 Å². The highest BCUT2D eigenvalue weighted by Gasteiger charge is 2.34. The summed E-state index contributed by atoms with van der Waals surface area (Å²) < 4.78 is 15.4. The summed E-state index contributed by atoms with van der Waals surface area (Å²) in [6.07, 6.45) is 0.877. The number of methoxy groups -OCH3 is 2. The Kier molecular flexibility index (Phi) is 5.68. The van der Waals surface area contributed by atoms with Gasteiger partial charge in [-0.1, -0.05) is 15.9 Å². The Hall–Kier alpha value is -0.170. The van der Waals surface area contributed by atoms with Gasteiger partial charge in [0.2, 0.25) is 0 Å². The highest BCUT2D eigenvalue weighted by molar-refractivity contribution is 9.10. The Balaban J connectivity index is 2.26. The minimum atomic E-state index is -0.325. The number of carbonyl (C=O) groups is 1. The van der Waals surface area contributed by atoms with Crippen molar-refractivity contribution < 1.29 is 19.0 Å². The summed E-state index contributed by atoms with van der Waals surface area (Å²) in [7, 11) is 3.06. The van der Waals surface area contributed by atoms with Crippen molar-refractivity contribution in [2.75, 3.05) is 40.5 Å². The maximum atomic E-state index is 11.1. The third-order valence-electron chi connectivity index (χ3n) is 2.73. The summed E-state index contributed by atoms with van der Waals surface area (Å²) in [5.41, 5.74) is -0.247. The van der Waals surface area contributed by atoms with Crippen LogP contribution in [0.5, 0.6) is 0 Å². The molecule has 0 aromatic heterocycles. The van der Waals surface area contributed by atoms with E-state index in [0.29, 0.717) is 19.7 Å². The fourth-order valence-corrected chi connectivity index (χ4v) is 2.01. The van der Waals surface area contributed by atoms with Crippen LogP contribution in [0.2, 0.25) is 0 Å². The number of carbonyl (C=O) groups excluding carboxylic acids is 1. The number of rotatable bonds is 6. The molecule has 1 rings (SSSR count). The van der Waals surface area contributed by atoms with Crippen LogP contribution >= 0.6 is 15.9 Å². The predicted octanol–water partition coefficient (Wildman–Crippen LogP) is 0.318. The highest BCUT2D eigenvalue weighted by atomic mass is 79.9. The Bertz CT molecular complexity index is 231. The molecule has 0 aromatic rings. The Morgan fingerprint density at radius 3 is 2.88 bits per heavy atom. The molecular weight excluding hydrogens is 278 g/mol. The molecule has 5 nitrogen and oxygen atoms in total. The van der Waals surface area contributed by atoms with Gasteiger partial charge < -0.3 is 19.5 Å². The fraction of sp³-hybridized carbons (Fsp3) is 0.900. The first-order valence-electron chi connectivity index (χ1n) is 5.19. The number of ether oxygens (including phenoxy) is 3. The van der Waals surface area contributed by atoms with Crippen molar-refractivity contribution in [3.05, 3.63) is 0 Å². The second-order valence-electron chi connectivity index (χ2n) is 3.81. The molecule has 1 saturated heterocycles. The van der Waals surface area contributed by atoms with E-state index in [4.69, 9.17) is 9.47 Å². The lowest BCUT2D eigenvalue weighted by atomic mass is 10.0. The highest BCUT2D eigenvalue weighted by Crippen LogP contribution is 2.21. The van der Waals surface area contributed by atoms with E-state index in [0.717, 1.165) is 13.0 Å². The first kappa shape index (κ1) is 13.9. The molecule has 1 aliphatic rings. The zero-order valence-corrected chi connectivity index (χ0v) is 11.2. The molecule has 2 unspecified atom stereocenters. The van der Waals surface area contributed by atoms with Gasteiger partial charge in [0.05, 0.1) is 13.7 Å². The first-order valence-corrected chi connectivity index (χ1v) is 6.10. The minimum Gasteiger partial charge on any atom is -0.468 e. The van der Waals surface area contributed by atoms with Gasteiger partial charge in [-0.05, 0) is 0 Å². The van der Waals surface area contributed by atoms with Gasteiger partial charge in [0.1, 0.15) is 10.4 Å². The van der Waals surface area contributed by atoms with E-state index in [1.165, 1.54) is 7.11 Å². The van der Waals surface area contributed by atoms with Crippen molar-refractivity contribution in [3.8, 4) is 0 Å². The van der Waals surface area contributed by atoms with Crippen LogP contribution in [0.3, 0.4) is 0 Å². The minimum absolute atomic E-state index is 0.247. The van der Waals surface area contributed by atoms with Crippen LogP contribution in [0.25, 0.3) is 0 Å². The number of hydrogen-bond acceptors (Lipinski definition) is 5. The lowest BCUT2D eigenvalue weighted by molar-refractivity contribution is -0.139. The summed E-state index contributed by atoms with van der Waals surface area (Å²) in [6.45, 7) is 2.51. The van der Waals surface area contributed by atoms with E-state index in [1.807, 2.05) is 0 Å². The van der Waals surface area contributed by atoms with Crippen molar-refractivity contribution in [3.63, 3.8) is 0 Å². The van der Waals surface area contributed by atoms with Crippen LogP contribution < -0.4 is 5.32 Å². The molecule has 0 bridgehead atoms. The SMILES string of the molecule is COC(=O)C(Br)CNCC1(OC)CCOC1. The number of hydrogen-bond donors (Lipinski definition) is 1. The van der Waals surface area contributed by atoms with Crippen molar-refractivity contribution in [1.82, 2.24) is 5.32 Å². The van der Waals surface area contributed by atoms with Gasteiger partial charge >= 0.3 is 5.97 Å². The van der Waals surface area contributed by atoms with Crippen molar-refractivity contribution in [2.24, 2.45) is 0 Å². The second kappa shape index (κ2) is 6.54. The Labute approximate surface area is 104 Å².